The number of carboxylic acids is 1. The summed E-state index contributed by atoms with van der Waals surface area (Å²) < 4.78 is 0. The lowest BCUT2D eigenvalue weighted by Crippen LogP contribution is -2.45. The highest BCUT2D eigenvalue weighted by Gasteiger charge is 2.17. The molecule has 1 fully saturated rings. The van der Waals surface area contributed by atoms with Gasteiger partial charge < -0.3 is 15.1 Å². The maximum atomic E-state index is 11.0. The minimum Gasteiger partial charge on any atom is -0.508 e. The second kappa shape index (κ2) is 6.71. The topological polar surface area (TPSA) is 64.0 Å². The zero-order valence-corrected chi connectivity index (χ0v) is 12.9. The van der Waals surface area contributed by atoms with Gasteiger partial charge in [-0.1, -0.05) is 18.2 Å². The molecule has 1 saturated heterocycles. The Morgan fingerprint density at radius 1 is 1.00 bits per heavy atom. The maximum Gasteiger partial charge on any atom is 0.335 e. The third kappa shape index (κ3) is 3.81. The number of phenols is 1. The maximum absolute atomic E-state index is 11.0. The molecule has 5 nitrogen and oxygen atoms in total. The molecule has 0 unspecified atom stereocenters. The number of hydrogen-bond acceptors (Lipinski definition) is 4. The molecule has 0 atom stereocenters. The summed E-state index contributed by atoms with van der Waals surface area (Å²) in [5.74, 6) is -0.601. The second-order valence-electron chi connectivity index (χ2n) is 5.79. The lowest BCUT2D eigenvalue weighted by Gasteiger charge is -2.36. The molecule has 5 heteroatoms. The van der Waals surface area contributed by atoms with Crippen LogP contribution in [0.4, 0.5) is 5.69 Å². The lowest BCUT2D eigenvalue weighted by atomic mass is 10.1. The van der Waals surface area contributed by atoms with Crippen LogP contribution in [0.3, 0.4) is 0 Å². The Morgan fingerprint density at radius 3 is 2.43 bits per heavy atom. The van der Waals surface area contributed by atoms with Crippen LogP contribution in [0, 0.1) is 0 Å². The number of carbonyl (C=O) groups is 1. The summed E-state index contributed by atoms with van der Waals surface area (Å²) in [5, 5.41) is 18.6. The van der Waals surface area contributed by atoms with E-state index in [-0.39, 0.29) is 5.75 Å². The molecule has 3 rings (SSSR count). The van der Waals surface area contributed by atoms with Crippen molar-refractivity contribution >= 4 is 11.7 Å². The highest BCUT2D eigenvalue weighted by Crippen LogP contribution is 2.21. The number of anilines is 1. The number of piperazine rings is 1. The first kappa shape index (κ1) is 15.4. The van der Waals surface area contributed by atoms with Gasteiger partial charge in [0.15, 0.2) is 0 Å². The van der Waals surface area contributed by atoms with Gasteiger partial charge in [-0.15, -0.1) is 0 Å². The molecule has 0 radical (unpaired) electrons. The first-order valence-electron chi connectivity index (χ1n) is 7.70. The van der Waals surface area contributed by atoms with Gasteiger partial charge >= 0.3 is 5.97 Å². The molecule has 2 aromatic carbocycles. The van der Waals surface area contributed by atoms with Crippen LogP contribution >= 0.6 is 0 Å². The SMILES string of the molecule is O=C(O)c1cccc(CN2CCN(c3cccc(O)c3)CC2)c1. The fraction of sp³-hybridized carbons (Fsp3) is 0.278. The Labute approximate surface area is 135 Å². The number of nitrogens with zero attached hydrogens (tertiary/aromatic N) is 2. The predicted octanol–water partition coefficient (Wildman–Crippen LogP) is 2.41. The number of aromatic hydroxyl groups is 1. The van der Waals surface area contributed by atoms with Crippen LogP contribution in [0.1, 0.15) is 15.9 Å². The first-order valence-corrected chi connectivity index (χ1v) is 7.70. The van der Waals surface area contributed by atoms with Gasteiger partial charge in [-0.2, -0.15) is 0 Å². The number of hydrogen-bond donors (Lipinski definition) is 2. The van der Waals surface area contributed by atoms with Gasteiger partial charge in [-0.3, -0.25) is 4.90 Å². The lowest BCUT2D eigenvalue weighted by molar-refractivity contribution is 0.0696. The van der Waals surface area contributed by atoms with Gasteiger partial charge in [-0.05, 0) is 29.8 Å². The van der Waals surface area contributed by atoms with Crippen LogP contribution in [-0.4, -0.2) is 47.3 Å². The molecule has 1 aliphatic heterocycles. The fourth-order valence-electron chi connectivity index (χ4n) is 2.91. The summed E-state index contributed by atoms with van der Waals surface area (Å²) in [5.41, 5.74) is 2.40. The van der Waals surface area contributed by atoms with Gasteiger partial charge in [0, 0.05) is 44.5 Å². The van der Waals surface area contributed by atoms with E-state index >= 15 is 0 Å². The molecule has 1 heterocycles. The van der Waals surface area contributed by atoms with E-state index < -0.39 is 5.97 Å². The molecule has 0 aliphatic carbocycles. The number of aromatic carboxylic acids is 1. The fourth-order valence-corrected chi connectivity index (χ4v) is 2.91. The van der Waals surface area contributed by atoms with Gasteiger partial charge in [0.25, 0.3) is 0 Å². The summed E-state index contributed by atoms with van der Waals surface area (Å²) >= 11 is 0. The monoisotopic (exact) mass is 312 g/mol. The minimum atomic E-state index is -0.888. The van der Waals surface area contributed by atoms with E-state index in [1.807, 2.05) is 18.2 Å². The summed E-state index contributed by atoms with van der Waals surface area (Å²) in [6, 6.07) is 14.4. The van der Waals surface area contributed by atoms with E-state index in [0.717, 1.165) is 44.0 Å². The van der Waals surface area contributed by atoms with Crippen LogP contribution in [-0.2, 0) is 6.54 Å². The number of carboxylic acid groups (broad SMARTS) is 1. The van der Waals surface area contributed by atoms with E-state index in [1.54, 1.807) is 30.3 Å². The van der Waals surface area contributed by atoms with Crippen molar-refractivity contribution in [2.24, 2.45) is 0 Å². The Balaban J connectivity index is 1.59. The molecular formula is C18H20N2O3. The molecule has 0 aromatic heterocycles. The largest absolute Gasteiger partial charge is 0.508 e. The second-order valence-corrected chi connectivity index (χ2v) is 5.79. The minimum absolute atomic E-state index is 0.287. The van der Waals surface area contributed by atoms with Gasteiger partial charge in [0.2, 0.25) is 0 Å². The standard InChI is InChI=1S/C18H20N2O3/c21-17-6-2-5-16(12-17)20-9-7-19(8-10-20)13-14-3-1-4-15(11-14)18(22)23/h1-6,11-12,21H,7-10,13H2,(H,22,23). The predicted molar refractivity (Wildman–Crippen MR) is 89.0 cm³/mol. The Morgan fingerprint density at radius 2 is 1.74 bits per heavy atom. The van der Waals surface area contributed by atoms with Gasteiger partial charge in [-0.25, -0.2) is 4.79 Å². The van der Waals surface area contributed by atoms with E-state index in [9.17, 15) is 9.90 Å². The van der Waals surface area contributed by atoms with Crippen molar-refractivity contribution < 1.29 is 15.0 Å². The van der Waals surface area contributed by atoms with Crippen molar-refractivity contribution in [3.05, 3.63) is 59.7 Å². The highest BCUT2D eigenvalue weighted by molar-refractivity contribution is 5.87. The van der Waals surface area contributed by atoms with E-state index in [1.165, 1.54) is 0 Å². The molecule has 2 aromatic rings. The first-order chi connectivity index (χ1) is 11.1. The summed E-state index contributed by atoms with van der Waals surface area (Å²) in [6.45, 7) is 4.36. The van der Waals surface area contributed by atoms with Crippen molar-refractivity contribution in [3.63, 3.8) is 0 Å². The summed E-state index contributed by atoms with van der Waals surface area (Å²) in [6.07, 6.45) is 0. The van der Waals surface area contributed by atoms with Crippen LogP contribution in [0.25, 0.3) is 0 Å². The van der Waals surface area contributed by atoms with E-state index in [0.29, 0.717) is 5.56 Å². The van der Waals surface area contributed by atoms with E-state index in [2.05, 4.69) is 9.80 Å². The van der Waals surface area contributed by atoms with Gasteiger partial charge in [0.1, 0.15) is 5.75 Å². The van der Waals surface area contributed by atoms with Crippen LogP contribution in [0.15, 0.2) is 48.5 Å². The molecule has 0 bridgehead atoms. The van der Waals surface area contributed by atoms with Crippen molar-refractivity contribution in [2.75, 3.05) is 31.1 Å². The molecule has 23 heavy (non-hydrogen) atoms. The van der Waals surface area contributed by atoms with Gasteiger partial charge in [0.05, 0.1) is 5.56 Å². The Kier molecular flexibility index (Phi) is 4.48. The molecule has 2 N–H and O–H groups in total. The van der Waals surface area contributed by atoms with Crippen LogP contribution in [0.5, 0.6) is 5.75 Å². The van der Waals surface area contributed by atoms with Crippen molar-refractivity contribution in [2.45, 2.75) is 6.54 Å². The number of phenolic OH excluding ortho intramolecular Hbond substituents is 1. The van der Waals surface area contributed by atoms with Crippen molar-refractivity contribution in [1.29, 1.82) is 0 Å². The molecule has 0 amide bonds. The summed E-state index contributed by atoms with van der Waals surface area (Å²) in [4.78, 5) is 15.6. The molecule has 0 spiro atoms. The molecular weight excluding hydrogens is 292 g/mol. The average Bonchev–Trinajstić information content (AvgIpc) is 2.56. The number of benzene rings is 2. The normalized spacial score (nSPS) is 15.6. The van der Waals surface area contributed by atoms with Crippen molar-refractivity contribution in [1.82, 2.24) is 4.90 Å². The molecule has 1 aliphatic rings. The zero-order valence-electron chi connectivity index (χ0n) is 12.9. The van der Waals surface area contributed by atoms with Crippen molar-refractivity contribution in [3.8, 4) is 5.75 Å². The van der Waals surface area contributed by atoms with Crippen LogP contribution < -0.4 is 4.90 Å². The third-order valence-corrected chi connectivity index (χ3v) is 4.15. The summed E-state index contributed by atoms with van der Waals surface area (Å²) in [7, 11) is 0. The molecule has 0 saturated carbocycles. The molecule has 120 valence electrons. The quantitative estimate of drug-likeness (QED) is 0.908. The van der Waals surface area contributed by atoms with Crippen LogP contribution in [0.2, 0.25) is 0 Å². The Bertz CT molecular complexity index is 694. The average molecular weight is 312 g/mol. The smallest absolute Gasteiger partial charge is 0.335 e. The van der Waals surface area contributed by atoms with E-state index in [4.69, 9.17) is 5.11 Å². The Hall–Kier alpha value is -2.53. The third-order valence-electron chi connectivity index (χ3n) is 4.15. The zero-order chi connectivity index (χ0) is 16.2. The number of rotatable bonds is 4. The highest BCUT2D eigenvalue weighted by atomic mass is 16.4.